The number of benzene rings is 1. The van der Waals surface area contributed by atoms with E-state index >= 15 is 0 Å². The molecule has 1 aliphatic rings. The Bertz CT molecular complexity index is 787. The van der Waals surface area contributed by atoms with E-state index in [-0.39, 0.29) is 11.3 Å². The van der Waals surface area contributed by atoms with Crippen molar-refractivity contribution in [1.82, 2.24) is 4.98 Å². The predicted octanol–water partition coefficient (Wildman–Crippen LogP) is 3.31. The fourth-order valence-electron chi connectivity index (χ4n) is 2.39. The van der Waals surface area contributed by atoms with E-state index in [9.17, 15) is 15.0 Å². The number of ketones is 1. The summed E-state index contributed by atoms with van der Waals surface area (Å²) in [5.41, 5.74) is 2.30. The summed E-state index contributed by atoms with van der Waals surface area (Å²) in [7, 11) is 0. The van der Waals surface area contributed by atoms with Crippen LogP contribution in [0.2, 0.25) is 0 Å². The minimum Gasteiger partial charge on any atom is -0.504 e. The monoisotopic (exact) mass is 267 g/mol. The highest BCUT2D eigenvalue weighted by atomic mass is 16.3. The summed E-state index contributed by atoms with van der Waals surface area (Å²) < 4.78 is 0. The van der Waals surface area contributed by atoms with Crippen LogP contribution in [0.4, 0.5) is 0 Å². The number of para-hydroxylation sites is 1. The molecule has 0 bridgehead atoms. The zero-order chi connectivity index (χ0) is 14.3. The Morgan fingerprint density at radius 2 is 1.85 bits per heavy atom. The molecule has 4 heteroatoms. The minimum absolute atomic E-state index is 0.174. The molecule has 0 fully saturated rings. The summed E-state index contributed by atoms with van der Waals surface area (Å²) >= 11 is 0. The first-order valence-electron chi connectivity index (χ1n) is 6.40. The van der Waals surface area contributed by atoms with Gasteiger partial charge in [0.1, 0.15) is 0 Å². The highest BCUT2D eigenvalue weighted by Gasteiger charge is 2.36. The number of carbonyl (C=O) groups excluding carboxylic acids is 1. The standard InChI is InChI=1S/C16H13NO3/c1-2-10(13-14(18)16(20)15(13)19)12-8-7-9-5-3-4-6-11(9)17-12/h3-8,18,20H,2H2,1H3. The maximum absolute atomic E-state index is 11.7. The smallest absolute Gasteiger partial charge is 0.235 e. The number of aromatic nitrogens is 1. The molecule has 3 rings (SSSR count). The molecule has 0 unspecified atom stereocenters. The number of pyridine rings is 1. The van der Waals surface area contributed by atoms with E-state index in [4.69, 9.17) is 0 Å². The van der Waals surface area contributed by atoms with Gasteiger partial charge in [-0.25, -0.2) is 4.98 Å². The second kappa shape index (κ2) is 4.49. The number of hydrogen-bond donors (Lipinski definition) is 2. The average Bonchev–Trinajstić information content (AvgIpc) is 2.51. The van der Waals surface area contributed by atoms with Crippen LogP contribution in [0.25, 0.3) is 16.5 Å². The van der Waals surface area contributed by atoms with Gasteiger partial charge in [-0.15, -0.1) is 0 Å². The number of aliphatic hydroxyl groups excluding tert-OH is 2. The quantitative estimate of drug-likeness (QED) is 0.819. The Balaban J connectivity index is 2.19. The molecule has 0 saturated carbocycles. The lowest BCUT2D eigenvalue weighted by Crippen LogP contribution is -2.23. The van der Waals surface area contributed by atoms with Gasteiger partial charge in [-0.1, -0.05) is 31.2 Å². The van der Waals surface area contributed by atoms with Gasteiger partial charge >= 0.3 is 0 Å². The Morgan fingerprint density at radius 3 is 2.55 bits per heavy atom. The van der Waals surface area contributed by atoms with Crippen LogP contribution >= 0.6 is 0 Å². The van der Waals surface area contributed by atoms with Crippen LogP contribution in [0, 0.1) is 0 Å². The molecule has 2 N–H and O–H groups in total. The van der Waals surface area contributed by atoms with Crippen LogP contribution in [0.3, 0.4) is 0 Å². The first kappa shape index (κ1) is 12.4. The molecule has 2 aromatic rings. The van der Waals surface area contributed by atoms with Crippen LogP contribution < -0.4 is 0 Å². The number of Topliss-reactive ketones (excluding diaryl/α,β-unsaturated/α-hetero) is 1. The van der Waals surface area contributed by atoms with Crippen molar-refractivity contribution in [1.29, 1.82) is 0 Å². The van der Waals surface area contributed by atoms with Gasteiger partial charge < -0.3 is 10.2 Å². The van der Waals surface area contributed by atoms with Gasteiger partial charge in [0, 0.05) is 5.39 Å². The molecular formula is C16H13NO3. The maximum Gasteiger partial charge on any atom is 0.235 e. The molecule has 4 nitrogen and oxygen atoms in total. The lowest BCUT2D eigenvalue weighted by molar-refractivity contribution is -0.116. The third-order valence-electron chi connectivity index (χ3n) is 3.47. The third kappa shape index (κ3) is 1.69. The molecule has 1 aromatic heterocycles. The number of allylic oxidation sites excluding steroid dienone is 3. The van der Waals surface area contributed by atoms with Gasteiger partial charge in [0.15, 0.2) is 5.76 Å². The summed E-state index contributed by atoms with van der Waals surface area (Å²) in [5, 5.41) is 19.9. The zero-order valence-corrected chi connectivity index (χ0v) is 10.9. The molecule has 0 spiro atoms. The number of hydrogen-bond acceptors (Lipinski definition) is 4. The SMILES string of the molecule is CCC(=C1C(=O)C(O)=C1O)c1ccc2ccccc2n1. The van der Waals surface area contributed by atoms with Gasteiger partial charge in [-0.2, -0.15) is 0 Å². The number of carbonyl (C=O) groups is 1. The molecule has 0 amide bonds. The normalized spacial score (nSPS) is 17.4. The van der Waals surface area contributed by atoms with Crippen LogP contribution in [0.1, 0.15) is 19.0 Å². The fraction of sp³-hybridized carbons (Fsp3) is 0.125. The highest BCUT2D eigenvalue weighted by molar-refractivity contribution is 6.21. The summed E-state index contributed by atoms with van der Waals surface area (Å²) in [5.74, 6) is -1.41. The Morgan fingerprint density at radius 1 is 1.10 bits per heavy atom. The van der Waals surface area contributed by atoms with E-state index in [0.717, 1.165) is 10.9 Å². The predicted molar refractivity (Wildman–Crippen MR) is 76.2 cm³/mol. The zero-order valence-electron chi connectivity index (χ0n) is 10.9. The molecule has 0 aliphatic heterocycles. The summed E-state index contributed by atoms with van der Waals surface area (Å²) in [6.07, 6.45) is 0.545. The number of nitrogens with zero attached hydrogens (tertiary/aromatic N) is 1. The third-order valence-corrected chi connectivity index (χ3v) is 3.47. The molecule has 1 aromatic carbocycles. The molecule has 20 heavy (non-hydrogen) atoms. The van der Waals surface area contributed by atoms with Crippen molar-refractivity contribution in [2.45, 2.75) is 13.3 Å². The summed E-state index contributed by atoms with van der Waals surface area (Å²) in [6.45, 7) is 1.88. The van der Waals surface area contributed by atoms with E-state index in [0.29, 0.717) is 17.7 Å². The Kier molecular flexibility index (Phi) is 2.79. The van der Waals surface area contributed by atoms with Crippen LogP contribution in [-0.4, -0.2) is 21.0 Å². The maximum atomic E-state index is 11.7. The molecule has 100 valence electrons. The highest BCUT2D eigenvalue weighted by Crippen LogP contribution is 2.35. The van der Waals surface area contributed by atoms with E-state index in [1.807, 2.05) is 43.3 Å². The van der Waals surface area contributed by atoms with Crippen LogP contribution in [0.15, 0.2) is 53.5 Å². The molecule has 0 saturated heterocycles. The van der Waals surface area contributed by atoms with Crippen LogP contribution in [0.5, 0.6) is 0 Å². The molecule has 1 heterocycles. The van der Waals surface area contributed by atoms with Gasteiger partial charge in [0.25, 0.3) is 0 Å². The summed E-state index contributed by atoms with van der Waals surface area (Å²) in [4.78, 5) is 16.2. The van der Waals surface area contributed by atoms with Crippen molar-refractivity contribution in [2.75, 3.05) is 0 Å². The van der Waals surface area contributed by atoms with Gasteiger partial charge in [-0.05, 0) is 24.1 Å². The second-order valence-electron chi connectivity index (χ2n) is 4.62. The molecule has 1 aliphatic carbocycles. The van der Waals surface area contributed by atoms with Crippen molar-refractivity contribution in [3.8, 4) is 0 Å². The number of rotatable bonds is 2. The molecule has 0 atom stereocenters. The topological polar surface area (TPSA) is 70.4 Å². The van der Waals surface area contributed by atoms with E-state index in [1.165, 1.54) is 0 Å². The van der Waals surface area contributed by atoms with E-state index < -0.39 is 11.5 Å². The lowest BCUT2D eigenvalue weighted by Gasteiger charge is -2.20. The van der Waals surface area contributed by atoms with Gasteiger partial charge in [0.05, 0.1) is 16.8 Å². The average molecular weight is 267 g/mol. The minimum atomic E-state index is -0.563. The fourth-order valence-corrected chi connectivity index (χ4v) is 2.39. The summed E-state index contributed by atoms with van der Waals surface area (Å²) in [6, 6.07) is 11.4. The number of fused-ring (bicyclic) bond motifs is 1. The van der Waals surface area contributed by atoms with Crippen molar-refractivity contribution >= 4 is 22.3 Å². The van der Waals surface area contributed by atoms with Crippen molar-refractivity contribution in [2.24, 2.45) is 0 Å². The Labute approximate surface area is 115 Å². The van der Waals surface area contributed by atoms with Gasteiger partial charge in [-0.3, -0.25) is 4.79 Å². The Hall–Kier alpha value is -2.62. The first-order chi connectivity index (χ1) is 9.63. The van der Waals surface area contributed by atoms with Crippen LogP contribution in [-0.2, 0) is 4.79 Å². The van der Waals surface area contributed by atoms with E-state index in [1.54, 1.807) is 0 Å². The second-order valence-corrected chi connectivity index (χ2v) is 4.62. The molecule has 0 radical (unpaired) electrons. The van der Waals surface area contributed by atoms with Crippen molar-refractivity contribution in [3.05, 3.63) is 59.2 Å². The first-order valence-corrected chi connectivity index (χ1v) is 6.40. The lowest BCUT2D eigenvalue weighted by atomic mass is 9.88. The van der Waals surface area contributed by atoms with Crippen molar-refractivity contribution in [3.63, 3.8) is 0 Å². The largest absolute Gasteiger partial charge is 0.504 e. The van der Waals surface area contributed by atoms with E-state index in [2.05, 4.69) is 4.98 Å². The van der Waals surface area contributed by atoms with Gasteiger partial charge in [0.2, 0.25) is 11.5 Å². The number of aliphatic hydroxyl groups is 2. The van der Waals surface area contributed by atoms with Crippen molar-refractivity contribution < 1.29 is 15.0 Å². The molecular weight excluding hydrogens is 254 g/mol.